The first-order valence-electron chi connectivity index (χ1n) is 5.47. The standard InChI is InChI=1S/C12H16ClN3/c1-4-9(14-2)12-15-10-7-5-6-8(13)11(10)16(12)3/h5-7,9,14H,4H2,1-3H3. The van der Waals surface area contributed by atoms with Crippen molar-refractivity contribution >= 4 is 22.6 Å². The molecule has 0 radical (unpaired) electrons. The van der Waals surface area contributed by atoms with E-state index >= 15 is 0 Å². The van der Waals surface area contributed by atoms with E-state index in [0.717, 1.165) is 28.3 Å². The van der Waals surface area contributed by atoms with Crippen LogP contribution in [0.5, 0.6) is 0 Å². The maximum absolute atomic E-state index is 6.19. The van der Waals surface area contributed by atoms with Gasteiger partial charge in [0.15, 0.2) is 0 Å². The van der Waals surface area contributed by atoms with Gasteiger partial charge in [-0.05, 0) is 25.6 Å². The Bertz CT molecular complexity index is 500. The Morgan fingerprint density at radius 1 is 1.50 bits per heavy atom. The van der Waals surface area contributed by atoms with Crippen LogP contribution < -0.4 is 5.32 Å². The van der Waals surface area contributed by atoms with Crippen LogP contribution in [0.15, 0.2) is 18.2 Å². The predicted molar refractivity (Wildman–Crippen MR) is 67.8 cm³/mol. The average molecular weight is 238 g/mol. The predicted octanol–water partition coefficient (Wildman–Crippen LogP) is 2.90. The molecule has 0 saturated carbocycles. The Kier molecular flexibility index (Phi) is 3.17. The van der Waals surface area contributed by atoms with E-state index in [2.05, 4.69) is 21.8 Å². The normalized spacial score (nSPS) is 13.2. The first-order valence-corrected chi connectivity index (χ1v) is 5.85. The summed E-state index contributed by atoms with van der Waals surface area (Å²) in [5.41, 5.74) is 1.96. The van der Waals surface area contributed by atoms with Gasteiger partial charge in [0.05, 0.1) is 22.1 Å². The van der Waals surface area contributed by atoms with Crippen LogP contribution in [0.1, 0.15) is 25.2 Å². The molecule has 0 amide bonds. The molecule has 0 aliphatic carbocycles. The molecule has 1 N–H and O–H groups in total. The van der Waals surface area contributed by atoms with Crippen molar-refractivity contribution in [3.63, 3.8) is 0 Å². The third-order valence-electron chi connectivity index (χ3n) is 2.95. The van der Waals surface area contributed by atoms with E-state index in [1.165, 1.54) is 0 Å². The molecule has 1 aromatic carbocycles. The number of hydrogen-bond donors (Lipinski definition) is 1. The summed E-state index contributed by atoms with van der Waals surface area (Å²) in [6.07, 6.45) is 1.01. The van der Waals surface area contributed by atoms with E-state index in [-0.39, 0.29) is 6.04 Å². The van der Waals surface area contributed by atoms with Gasteiger partial charge in [-0.15, -0.1) is 0 Å². The second-order valence-corrected chi connectivity index (χ2v) is 4.29. The fraction of sp³-hybridized carbons (Fsp3) is 0.417. The molecule has 2 aromatic rings. The summed E-state index contributed by atoms with van der Waals surface area (Å²) >= 11 is 6.19. The monoisotopic (exact) mass is 237 g/mol. The number of benzene rings is 1. The Morgan fingerprint density at radius 3 is 2.81 bits per heavy atom. The second kappa shape index (κ2) is 4.44. The van der Waals surface area contributed by atoms with Crippen LogP contribution in [0.2, 0.25) is 5.02 Å². The molecule has 1 heterocycles. The zero-order valence-electron chi connectivity index (χ0n) is 9.79. The van der Waals surface area contributed by atoms with Gasteiger partial charge in [-0.25, -0.2) is 4.98 Å². The van der Waals surface area contributed by atoms with Crippen LogP contribution in [0.3, 0.4) is 0 Å². The number of aromatic nitrogens is 2. The Hall–Kier alpha value is -1.06. The van der Waals surface area contributed by atoms with E-state index in [4.69, 9.17) is 11.6 Å². The molecular formula is C12H16ClN3. The lowest BCUT2D eigenvalue weighted by molar-refractivity contribution is 0.529. The molecule has 1 unspecified atom stereocenters. The number of para-hydroxylation sites is 1. The zero-order chi connectivity index (χ0) is 11.7. The van der Waals surface area contributed by atoms with Crippen molar-refractivity contribution in [1.82, 2.24) is 14.9 Å². The van der Waals surface area contributed by atoms with Gasteiger partial charge in [-0.2, -0.15) is 0 Å². The molecule has 3 nitrogen and oxygen atoms in total. The maximum Gasteiger partial charge on any atom is 0.126 e. The van der Waals surface area contributed by atoms with Gasteiger partial charge in [-0.1, -0.05) is 24.6 Å². The topological polar surface area (TPSA) is 29.9 Å². The lowest BCUT2D eigenvalue weighted by atomic mass is 10.2. The average Bonchev–Trinajstić information content (AvgIpc) is 2.60. The van der Waals surface area contributed by atoms with Gasteiger partial charge >= 0.3 is 0 Å². The van der Waals surface area contributed by atoms with Gasteiger partial charge < -0.3 is 9.88 Å². The molecule has 1 atom stereocenters. The lowest BCUT2D eigenvalue weighted by Crippen LogP contribution is -2.19. The van der Waals surface area contributed by atoms with Gasteiger partial charge in [0, 0.05) is 7.05 Å². The summed E-state index contributed by atoms with van der Waals surface area (Å²) in [6.45, 7) is 2.14. The van der Waals surface area contributed by atoms with Crippen molar-refractivity contribution in [3.8, 4) is 0 Å². The first kappa shape index (κ1) is 11.4. The summed E-state index contributed by atoms with van der Waals surface area (Å²) in [4.78, 5) is 4.63. The van der Waals surface area contributed by atoms with Gasteiger partial charge in [0.2, 0.25) is 0 Å². The molecule has 86 valence electrons. The van der Waals surface area contributed by atoms with E-state index in [0.29, 0.717) is 0 Å². The molecule has 16 heavy (non-hydrogen) atoms. The lowest BCUT2D eigenvalue weighted by Gasteiger charge is -2.13. The fourth-order valence-corrected chi connectivity index (χ4v) is 2.36. The first-order chi connectivity index (χ1) is 7.69. The molecule has 0 fully saturated rings. The second-order valence-electron chi connectivity index (χ2n) is 3.89. The molecule has 0 bridgehead atoms. The Balaban J connectivity index is 2.64. The van der Waals surface area contributed by atoms with Crippen molar-refractivity contribution in [2.45, 2.75) is 19.4 Å². The third-order valence-corrected chi connectivity index (χ3v) is 3.25. The van der Waals surface area contributed by atoms with Crippen LogP contribution in [0.25, 0.3) is 11.0 Å². The molecular weight excluding hydrogens is 222 g/mol. The fourth-order valence-electron chi connectivity index (χ4n) is 2.07. The molecule has 0 spiro atoms. The minimum absolute atomic E-state index is 0.272. The Labute approximate surface area is 100 Å². The summed E-state index contributed by atoms with van der Waals surface area (Å²) in [5, 5.41) is 4.02. The van der Waals surface area contributed by atoms with Gasteiger partial charge in [0.25, 0.3) is 0 Å². The van der Waals surface area contributed by atoms with Crippen molar-refractivity contribution in [3.05, 3.63) is 29.0 Å². The molecule has 0 aliphatic heterocycles. The van der Waals surface area contributed by atoms with Crippen molar-refractivity contribution in [2.24, 2.45) is 7.05 Å². The maximum atomic E-state index is 6.19. The molecule has 0 saturated heterocycles. The van der Waals surface area contributed by atoms with Crippen molar-refractivity contribution in [1.29, 1.82) is 0 Å². The van der Waals surface area contributed by atoms with E-state index in [1.54, 1.807) is 0 Å². The van der Waals surface area contributed by atoms with Crippen LogP contribution >= 0.6 is 11.6 Å². The number of hydrogen-bond acceptors (Lipinski definition) is 2. The molecule has 2 rings (SSSR count). The SMILES string of the molecule is CCC(NC)c1nc2cccc(Cl)c2n1C. The highest BCUT2D eigenvalue weighted by molar-refractivity contribution is 6.35. The van der Waals surface area contributed by atoms with Gasteiger partial charge in [0.1, 0.15) is 5.82 Å². The van der Waals surface area contributed by atoms with E-state index in [9.17, 15) is 0 Å². The van der Waals surface area contributed by atoms with E-state index in [1.807, 2.05) is 32.3 Å². The van der Waals surface area contributed by atoms with Crippen molar-refractivity contribution < 1.29 is 0 Å². The summed E-state index contributed by atoms with van der Waals surface area (Å²) in [7, 11) is 3.96. The van der Waals surface area contributed by atoms with Gasteiger partial charge in [-0.3, -0.25) is 0 Å². The van der Waals surface area contributed by atoms with Crippen LogP contribution in [-0.2, 0) is 7.05 Å². The highest BCUT2D eigenvalue weighted by Crippen LogP contribution is 2.26. The highest BCUT2D eigenvalue weighted by Gasteiger charge is 2.16. The quantitative estimate of drug-likeness (QED) is 0.890. The smallest absolute Gasteiger partial charge is 0.126 e. The number of aryl methyl sites for hydroxylation is 1. The minimum Gasteiger partial charge on any atom is -0.329 e. The number of imidazole rings is 1. The number of nitrogens with one attached hydrogen (secondary N) is 1. The molecule has 1 aromatic heterocycles. The number of halogens is 1. The Morgan fingerprint density at radius 2 is 2.25 bits per heavy atom. The number of rotatable bonds is 3. The largest absolute Gasteiger partial charge is 0.329 e. The summed E-state index contributed by atoms with van der Waals surface area (Å²) < 4.78 is 2.07. The highest BCUT2D eigenvalue weighted by atomic mass is 35.5. The number of fused-ring (bicyclic) bond motifs is 1. The summed E-state index contributed by atoms with van der Waals surface area (Å²) in [5.74, 6) is 1.04. The minimum atomic E-state index is 0.272. The molecule has 0 aliphatic rings. The third kappa shape index (κ3) is 1.70. The van der Waals surface area contributed by atoms with Crippen LogP contribution in [-0.4, -0.2) is 16.6 Å². The van der Waals surface area contributed by atoms with E-state index < -0.39 is 0 Å². The zero-order valence-corrected chi connectivity index (χ0v) is 10.5. The van der Waals surface area contributed by atoms with Crippen LogP contribution in [0, 0.1) is 0 Å². The van der Waals surface area contributed by atoms with Crippen LogP contribution in [0.4, 0.5) is 0 Å². The number of nitrogens with zero attached hydrogens (tertiary/aromatic N) is 2. The van der Waals surface area contributed by atoms with Crippen molar-refractivity contribution in [2.75, 3.05) is 7.05 Å². The molecule has 4 heteroatoms. The summed E-state index contributed by atoms with van der Waals surface area (Å²) in [6, 6.07) is 6.10.